The van der Waals surface area contributed by atoms with Crippen molar-refractivity contribution in [3.63, 3.8) is 0 Å². The van der Waals surface area contributed by atoms with Crippen molar-refractivity contribution in [3.8, 4) is 0 Å². The number of hydrogen-bond acceptors (Lipinski definition) is 4. The molecule has 1 aromatic heterocycles. The van der Waals surface area contributed by atoms with Gasteiger partial charge in [0, 0.05) is 24.1 Å². The van der Waals surface area contributed by atoms with Crippen LogP contribution in [0.15, 0.2) is 54.7 Å². The highest BCUT2D eigenvalue weighted by molar-refractivity contribution is 6.05. The van der Waals surface area contributed by atoms with Crippen LogP contribution in [0.1, 0.15) is 33.6 Å². The summed E-state index contributed by atoms with van der Waals surface area (Å²) in [5.41, 5.74) is 5.92. The van der Waals surface area contributed by atoms with E-state index in [1.807, 2.05) is 35.2 Å². The van der Waals surface area contributed by atoms with E-state index in [1.54, 1.807) is 12.3 Å². The van der Waals surface area contributed by atoms with Crippen molar-refractivity contribution < 1.29 is 4.79 Å². The van der Waals surface area contributed by atoms with Crippen LogP contribution in [0, 0.1) is 13.8 Å². The number of nitrogens with one attached hydrogen (secondary N) is 1. The average Bonchev–Trinajstić information content (AvgIpc) is 2.70. The molecule has 0 saturated carbocycles. The van der Waals surface area contributed by atoms with Crippen molar-refractivity contribution >= 4 is 23.2 Å². The summed E-state index contributed by atoms with van der Waals surface area (Å²) >= 11 is 0. The van der Waals surface area contributed by atoms with Crippen LogP contribution in [0.3, 0.4) is 0 Å². The Balaban J connectivity index is 1.59. The zero-order valence-corrected chi connectivity index (χ0v) is 15.6. The minimum Gasteiger partial charge on any atom is -0.324 e. The molecular formula is C22H22N4O. The van der Waals surface area contributed by atoms with Gasteiger partial charge in [0.15, 0.2) is 0 Å². The molecule has 2 heterocycles. The molecule has 5 heteroatoms. The minimum absolute atomic E-state index is 0.0901. The molecule has 1 aliphatic rings. The molecule has 1 amide bonds. The molecule has 1 N–H and O–H groups in total. The van der Waals surface area contributed by atoms with Crippen molar-refractivity contribution in [1.29, 1.82) is 0 Å². The van der Waals surface area contributed by atoms with Crippen LogP contribution in [0.4, 0.5) is 17.3 Å². The van der Waals surface area contributed by atoms with Gasteiger partial charge in [-0.15, -0.1) is 0 Å². The van der Waals surface area contributed by atoms with Gasteiger partial charge in [0.25, 0.3) is 5.91 Å². The lowest BCUT2D eigenvalue weighted by atomic mass is 10.0. The maximum absolute atomic E-state index is 13.1. The standard InChI is InChI=1S/C22H22N4O/c1-15-9-10-18(14-16(15)2)24-22-23-12-11-19(25-22)21(27)26-13-5-7-17-6-3-4-8-20(17)26/h3-4,6,8-12,14H,5,7,13H2,1-2H3,(H,23,24,25). The van der Waals surface area contributed by atoms with Gasteiger partial charge in [0.05, 0.1) is 0 Å². The van der Waals surface area contributed by atoms with Crippen molar-refractivity contribution in [2.24, 2.45) is 0 Å². The summed E-state index contributed by atoms with van der Waals surface area (Å²) in [6, 6.07) is 15.8. The quantitative estimate of drug-likeness (QED) is 0.752. The molecule has 136 valence electrons. The molecule has 0 fully saturated rings. The fraction of sp³-hybridized carbons (Fsp3) is 0.227. The van der Waals surface area contributed by atoms with E-state index in [1.165, 1.54) is 16.7 Å². The predicted molar refractivity (Wildman–Crippen MR) is 108 cm³/mol. The molecule has 0 atom stereocenters. The Labute approximate surface area is 159 Å². The lowest BCUT2D eigenvalue weighted by Crippen LogP contribution is -2.36. The van der Waals surface area contributed by atoms with E-state index >= 15 is 0 Å². The normalized spacial score (nSPS) is 13.2. The third kappa shape index (κ3) is 3.53. The molecule has 27 heavy (non-hydrogen) atoms. The molecule has 4 rings (SSSR count). The minimum atomic E-state index is -0.0901. The SMILES string of the molecule is Cc1ccc(Nc2nccc(C(=O)N3CCCc4ccccc43)n2)cc1C. The number of aromatic nitrogens is 2. The Morgan fingerprint density at radius 2 is 1.93 bits per heavy atom. The summed E-state index contributed by atoms with van der Waals surface area (Å²) in [5, 5.41) is 3.20. The summed E-state index contributed by atoms with van der Waals surface area (Å²) in [6.07, 6.45) is 3.59. The maximum atomic E-state index is 13.1. The molecule has 3 aromatic rings. The molecule has 0 saturated heterocycles. The fourth-order valence-electron chi connectivity index (χ4n) is 3.37. The monoisotopic (exact) mass is 358 g/mol. The molecule has 2 aromatic carbocycles. The van der Waals surface area contributed by atoms with Gasteiger partial charge in [-0.3, -0.25) is 4.79 Å². The Hall–Kier alpha value is -3.21. The average molecular weight is 358 g/mol. The molecule has 1 aliphatic heterocycles. The van der Waals surface area contributed by atoms with E-state index in [0.717, 1.165) is 24.2 Å². The van der Waals surface area contributed by atoms with Crippen LogP contribution in [-0.4, -0.2) is 22.4 Å². The lowest BCUT2D eigenvalue weighted by molar-refractivity contribution is 0.0980. The maximum Gasteiger partial charge on any atom is 0.277 e. The number of amides is 1. The number of carbonyl (C=O) groups is 1. The molecule has 0 radical (unpaired) electrons. The van der Waals surface area contributed by atoms with E-state index in [4.69, 9.17) is 0 Å². The van der Waals surface area contributed by atoms with E-state index in [2.05, 4.69) is 41.3 Å². The summed E-state index contributed by atoms with van der Waals surface area (Å²) < 4.78 is 0. The number of aryl methyl sites for hydroxylation is 3. The molecule has 0 unspecified atom stereocenters. The van der Waals surface area contributed by atoms with Crippen LogP contribution in [-0.2, 0) is 6.42 Å². The van der Waals surface area contributed by atoms with Crippen LogP contribution in [0.2, 0.25) is 0 Å². The van der Waals surface area contributed by atoms with Gasteiger partial charge in [-0.25, -0.2) is 9.97 Å². The number of carbonyl (C=O) groups excluding carboxylic acids is 1. The highest BCUT2D eigenvalue weighted by Crippen LogP contribution is 2.28. The Morgan fingerprint density at radius 1 is 1.07 bits per heavy atom. The van der Waals surface area contributed by atoms with Gasteiger partial charge in [-0.1, -0.05) is 24.3 Å². The Morgan fingerprint density at radius 3 is 2.78 bits per heavy atom. The number of benzene rings is 2. The topological polar surface area (TPSA) is 58.1 Å². The summed E-state index contributed by atoms with van der Waals surface area (Å²) in [4.78, 5) is 23.6. The smallest absolute Gasteiger partial charge is 0.277 e. The van der Waals surface area contributed by atoms with Gasteiger partial charge >= 0.3 is 0 Å². The van der Waals surface area contributed by atoms with Gasteiger partial charge in [-0.05, 0) is 67.6 Å². The third-order valence-electron chi connectivity index (χ3n) is 4.99. The number of rotatable bonds is 3. The first-order chi connectivity index (χ1) is 13.1. The number of fused-ring (bicyclic) bond motifs is 1. The lowest BCUT2D eigenvalue weighted by Gasteiger charge is -2.29. The van der Waals surface area contributed by atoms with Crippen LogP contribution in [0.25, 0.3) is 0 Å². The van der Waals surface area contributed by atoms with Crippen molar-refractivity contribution in [1.82, 2.24) is 9.97 Å². The first-order valence-corrected chi connectivity index (χ1v) is 9.19. The number of para-hydroxylation sites is 1. The van der Waals surface area contributed by atoms with E-state index in [9.17, 15) is 4.79 Å². The van der Waals surface area contributed by atoms with Gasteiger partial charge in [0.2, 0.25) is 5.95 Å². The molecule has 0 aliphatic carbocycles. The van der Waals surface area contributed by atoms with Gasteiger partial charge in [0.1, 0.15) is 5.69 Å². The second-order valence-corrected chi connectivity index (χ2v) is 6.88. The van der Waals surface area contributed by atoms with E-state index in [-0.39, 0.29) is 5.91 Å². The van der Waals surface area contributed by atoms with E-state index in [0.29, 0.717) is 18.2 Å². The molecule has 0 spiro atoms. The van der Waals surface area contributed by atoms with Crippen molar-refractivity contribution in [2.75, 3.05) is 16.8 Å². The second-order valence-electron chi connectivity index (χ2n) is 6.88. The highest BCUT2D eigenvalue weighted by Gasteiger charge is 2.24. The zero-order valence-electron chi connectivity index (χ0n) is 15.6. The van der Waals surface area contributed by atoms with Gasteiger partial charge < -0.3 is 10.2 Å². The van der Waals surface area contributed by atoms with E-state index < -0.39 is 0 Å². The van der Waals surface area contributed by atoms with Crippen molar-refractivity contribution in [3.05, 3.63) is 77.1 Å². The first-order valence-electron chi connectivity index (χ1n) is 9.19. The largest absolute Gasteiger partial charge is 0.324 e. The number of anilines is 3. The van der Waals surface area contributed by atoms with Crippen LogP contribution < -0.4 is 10.2 Å². The van der Waals surface area contributed by atoms with Crippen molar-refractivity contribution in [2.45, 2.75) is 26.7 Å². The second kappa shape index (κ2) is 7.19. The fourth-order valence-corrected chi connectivity index (χ4v) is 3.37. The Kier molecular flexibility index (Phi) is 4.59. The molecular weight excluding hydrogens is 336 g/mol. The molecule has 0 bridgehead atoms. The molecule has 5 nitrogen and oxygen atoms in total. The van der Waals surface area contributed by atoms with Crippen LogP contribution in [0.5, 0.6) is 0 Å². The number of hydrogen-bond donors (Lipinski definition) is 1. The first kappa shape index (κ1) is 17.2. The summed E-state index contributed by atoms with van der Waals surface area (Å²) in [6.45, 7) is 4.85. The van der Waals surface area contributed by atoms with Gasteiger partial charge in [-0.2, -0.15) is 0 Å². The summed E-state index contributed by atoms with van der Waals surface area (Å²) in [5.74, 6) is 0.335. The third-order valence-corrected chi connectivity index (χ3v) is 4.99. The summed E-state index contributed by atoms with van der Waals surface area (Å²) in [7, 11) is 0. The highest BCUT2D eigenvalue weighted by atomic mass is 16.2. The number of nitrogens with zero attached hydrogens (tertiary/aromatic N) is 3. The zero-order chi connectivity index (χ0) is 18.8. The predicted octanol–water partition coefficient (Wildman–Crippen LogP) is 4.43. The Bertz CT molecular complexity index is 999. The van der Waals surface area contributed by atoms with Crippen LogP contribution >= 0.6 is 0 Å².